The van der Waals surface area contributed by atoms with E-state index in [0.717, 1.165) is 17.0 Å². The highest BCUT2D eigenvalue weighted by Crippen LogP contribution is 2.24. The molecule has 6 heteroatoms. The highest BCUT2D eigenvalue weighted by atomic mass is 16.2. The summed E-state index contributed by atoms with van der Waals surface area (Å²) in [5, 5.41) is 13.4. The number of aryl methyl sites for hydroxylation is 2. The number of hydrogen-bond donors (Lipinski definition) is 0. The minimum atomic E-state index is 0.0411. The molecule has 0 aliphatic heterocycles. The van der Waals surface area contributed by atoms with Crippen LogP contribution < -0.4 is 0 Å². The Hall–Kier alpha value is -2.42. The Balaban J connectivity index is 2.21. The number of carbonyl (C=O) groups is 1. The monoisotopic (exact) mass is 341 g/mol. The SMILES string of the molecule is Cc1nc2c(C#N)cnn2c(C)c1CCC(=O)N(C)[C@@H](C)C(C)(C)C. The summed E-state index contributed by atoms with van der Waals surface area (Å²) in [5.74, 6) is 0.125. The van der Waals surface area contributed by atoms with Gasteiger partial charge in [-0.2, -0.15) is 10.4 Å². The van der Waals surface area contributed by atoms with Gasteiger partial charge in [-0.05, 0) is 38.2 Å². The maximum Gasteiger partial charge on any atom is 0.222 e. The average molecular weight is 341 g/mol. The highest BCUT2D eigenvalue weighted by Gasteiger charge is 2.27. The van der Waals surface area contributed by atoms with Crippen LogP contribution in [0.15, 0.2) is 6.20 Å². The van der Waals surface area contributed by atoms with Crippen LogP contribution in [0, 0.1) is 30.6 Å². The van der Waals surface area contributed by atoms with Crippen LogP contribution in [-0.2, 0) is 11.2 Å². The molecule has 0 N–H and O–H groups in total. The first-order valence-electron chi connectivity index (χ1n) is 8.57. The van der Waals surface area contributed by atoms with Crippen LogP contribution in [0.5, 0.6) is 0 Å². The van der Waals surface area contributed by atoms with Crippen molar-refractivity contribution in [2.75, 3.05) is 7.05 Å². The zero-order valence-electron chi connectivity index (χ0n) is 16.2. The Bertz CT molecular complexity index is 838. The first-order valence-corrected chi connectivity index (χ1v) is 8.57. The van der Waals surface area contributed by atoms with Crippen molar-refractivity contribution >= 4 is 11.6 Å². The molecule has 134 valence electrons. The maximum absolute atomic E-state index is 12.6. The molecule has 0 saturated heterocycles. The van der Waals surface area contributed by atoms with Crippen molar-refractivity contribution in [3.05, 3.63) is 28.7 Å². The van der Waals surface area contributed by atoms with Crippen LogP contribution >= 0.6 is 0 Å². The fourth-order valence-corrected chi connectivity index (χ4v) is 2.96. The van der Waals surface area contributed by atoms with Crippen molar-refractivity contribution in [3.63, 3.8) is 0 Å². The standard InChI is InChI=1S/C19H27N5O/c1-12-16(8-9-17(25)23(7)14(3)19(4,5)6)13(2)24-18(22-12)15(10-20)11-21-24/h11,14H,8-9H2,1-7H3/t14-/m0/s1. The quantitative estimate of drug-likeness (QED) is 0.856. The topological polar surface area (TPSA) is 74.3 Å². The first kappa shape index (κ1) is 18.9. The van der Waals surface area contributed by atoms with Gasteiger partial charge < -0.3 is 4.90 Å². The molecule has 0 radical (unpaired) electrons. The van der Waals surface area contributed by atoms with Crippen LogP contribution in [-0.4, -0.2) is 38.5 Å². The number of nitriles is 1. The van der Waals surface area contributed by atoms with Crippen molar-refractivity contribution in [1.82, 2.24) is 19.5 Å². The second-order valence-electron chi connectivity index (χ2n) is 7.71. The third-order valence-electron chi connectivity index (χ3n) is 5.15. The smallest absolute Gasteiger partial charge is 0.222 e. The van der Waals surface area contributed by atoms with E-state index in [1.807, 2.05) is 25.8 Å². The van der Waals surface area contributed by atoms with E-state index in [-0.39, 0.29) is 17.4 Å². The minimum absolute atomic E-state index is 0.0411. The molecule has 0 unspecified atom stereocenters. The van der Waals surface area contributed by atoms with E-state index in [0.29, 0.717) is 24.1 Å². The van der Waals surface area contributed by atoms with Crippen LogP contribution in [0.2, 0.25) is 0 Å². The van der Waals surface area contributed by atoms with Crippen molar-refractivity contribution in [2.24, 2.45) is 5.41 Å². The summed E-state index contributed by atoms with van der Waals surface area (Å²) >= 11 is 0. The van der Waals surface area contributed by atoms with Crippen molar-refractivity contribution in [3.8, 4) is 6.07 Å². The fourth-order valence-electron chi connectivity index (χ4n) is 2.96. The molecule has 2 aromatic heterocycles. The highest BCUT2D eigenvalue weighted by molar-refractivity contribution is 5.76. The van der Waals surface area contributed by atoms with E-state index < -0.39 is 0 Å². The lowest BCUT2D eigenvalue weighted by molar-refractivity contribution is -0.133. The van der Waals surface area contributed by atoms with Crippen LogP contribution in [0.3, 0.4) is 0 Å². The van der Waals surface area contributed by atoms with E-state index >= 15 is 0 Å². The Morgan fingerprint density at radius 3 is 2.60 bits per heavy atom. The second kappa shape index (κ2) is 6.83. The summed E-state index contributed by atoms with van der Waals surface area (Å²) < 4.78 is 1.69. The van der Waals surface area contributed by atoms with Gasteiger partial charge in [0.1, 0.15) is 11.6 Å². The number of fused-ring (bicyclic) bond motifs is 1. The minimum Gasteiger partial charge on any atom is -0.343 e. The van der Waals surface area contributed by atoms with Crippen molar-refractivity contribution in [2.45, 2.75) is 60.4 Å². The molecular formula is C19H27N5O. The van der Waals surface area contributed by atoms with E-state index in [4.69, 9.17) is 5.26 Å². The lowest BCUT2D eigenvalue weighted by atomic mass is 9.87. The number of aromatic nitrogens is 3. The van der Waals surface area contributed by atoms with Gasteiger partial charge in [0.25, 0.3) is 0 Å². The summed E-state index contributed by atoms with van der Waals surface area (Å²) in [6.07, 6.45) is 2.57. The number of carbonyl (C=O) groups excluding carboxylic acids is 1. The predicted octanol–water partition coefficient (Wildman–Crippen LogP) is 3.04. The molecule has 1 atom stereocenters. The lowest BCUT2D eigenvalue weighted by Crippen LogP contribution is -2.43. The van der Waals surface area contributed by atoms with Gasteiger partial charge in [-0.15, -0.1) is 0 Å². The Morgan fingerprint density at radius 1 is 1.40 bits per heavy atom. The molecule has 2 rings (SSSR count). The third kappa shape index (κ3) is 3.65. The predicted molar refractivity (Wildman–Crippen MR) is 97.2 cm³/mol. The van der Waals surface area contributed by atoms with Gasteiger partial charge in [-0.25, -0.2) is 9.50 Å². The van der Waals surface area contributed by atoms with Crippen LogP contribution in [0.25, 0.3) is 5.65 Å². The number of rotatable bonds is 4. The molecule has 0 bridgehead atoms. The normalized spacial score (nSPS) is 12.9. The maximum atomic E-state index is 12.6. The number of amides is 1. The number of hydrogen-bond acceptors (Lipinski definition) is 4. The molecule has 0 aromatic carbocycles. The fraction of sp³-hybridized carbons (Fsp3) is 0.579. The Labute approximate surface area is 149 Å². The summed E-state index contributed by atoms with van der Waals surface area (Å²) in [7, 11) is 1.87. The van der Waals surface area contributed by atoms with Crippen LogP contribution in [0.1, 0.15) is 56.6 Å². The zero-order chi connectivity index (χ0) is 18.9. The molecule has 2 aromatic rings. The third-order valence-corrected chi connectivity index (χ3v) is 5.15. The molecule has 2 heterocycles. The lowest BCUT2D eigenvalue weighted by Gasteiger charge is -2.35. The van der Waals surface area contributed by atoms with Gasteiger partial charge in [-0.1, -0.05) is 20.8 Å². The van der Waals surface area contributed by atoms with E-state index in [1.54, 1.807) is 4.52 Å². The molecular weight excluding hydrogens is 314 g/mol. The summed E-state index contributed by atoms with van der Waals surface area (Å²) in [6.45, 7) is 12.4. The Kier molecular flexibility index (Phi) is 5.17. The average Bonchev–Trinajstić information content (AvgIpc) is 2.94. The molecule has 6 nitrogen and oxygen atoms in total. The van der Waals surface area contributed by atoms with Gasteiger partial charge in [0.15, 0.2) is 5.65 Å². The summed E-state index contributed by atoms with van der Waals surface area (Å²) in [5.41, 5.74) is 3.88. The second-order valence-corrected chi connectivity index (χ2v) is 7.71. The van der Waals surface area contributed by atoms with Crippen LogP contribution in [0.4, 0.5) is 0 Å². The van der Waals surface area contributed by atoms with Gasteiger partial charge in [-0.3, -0.25) is 4.79 Å². The molecule has 0 spiro atoms. The number of nitrogens with zero attached hydrogens (tertiary/aromatic N) is 5. The first-order chi connectivity index (χ1) is 11.6. The van der Waals surface area contributed by atoms with E-state index in [1.165, 1.54) is 6.20 Å². The van der Waals surface area contributed by atoms with E-state index in [9.17, 15) is 4.79 Å². The van der Waals surface area contributed by atoms with Gasteiger partial charge >= 0.3 is 0 Å². The Morgan fingerprint density at radius 2 is 2.04 bits per heavy atom. The molecule has 25 heavy (non-hydrogen) atoms. The van der Waals surface area contributed by atoms with Gasteiger partial charge in [0.05, 0.1) is 6.20 Å². The van der Waals surface area contributed by atoms with Gasteiger partial charge in [0.2, 0.25) is 5.91 Å². The van der Waals surface area contributed by atoms with Gasteiger partial charge in [0, 0.05) is 30.9 Å². The largest absolute Gasteiger partial charge is 0.343 e. The summed E-state index contributed by atoms with van der Waals surface area (Å²) in [4.78, 5) is 18.9. The molecule has 0 aliphatic rings. The molecule has 0 aliphatic carbocycles. The molecule has 0 fully saturated rings. The van der Waals surface area contributed by atoms with Crippen molar-refractivity contribution < 1.29 is 4.79 Å². The van der Waals surface area contributed by atoms with Crippen molar-refractivity contribution in [1.29, 1.82) is 5.26 Å². The molecule has 1 amide bonds. The summed E-state index contributed by atoms with van der Waals surface area (Å²) in [6, 6.07) is 2.27. The van der Waals surface area contributed by atoms with E-state index in [2.05, 4.69) is 43.8 Å². The molecule has 0 saturated carbocycles. The zero-order valence-corrected chi connectivity index (χ0v) is 16.2.